The number of amides is 1. The summed E-state index contributed by atoms with van der Waals surface area (Å²) in [5.41, 5.74) is 0. The minimum Gasteiger partial charge on any atom is -0.320 e. The Hall–Kier alpha value is -0.790. The van der Waals surface area contributed by atoms with Gasteiger partial charge in [-0.25, -0.2) is 0 Å². The van der Waals surface area contributed by atoms with Gasteiger partial charge in [-0.05, 0) is 19.5 Å². The van der Waals surface area contributed by atoms with Gasteiger partial charge in [-0.3, -0.25) is 4.79 Å². The molecule has 1 amide bonds. The van der Waals surface area contributed by atoms with Crippen molar-refractivity contribution >= 4 is 5.91 Å². The monoisotopic (exact) mass is 253 g/mol. The fourth-order valence-electron chi connectivity index (χ4n) is 2.14. The number of carbonyl (C=O) groups is 1. The maximum atomic E-state index is 11.7. The molecule has 0 aliphatic rings. The smallest absolute Gasteiger partial charge is 0.226 e. The molecule has 0 unspecified atom stereocenters. The van der Waals surface area contributed by atoms with Gasteiger partial charge < -0.3 is 4.90 Å². The molecule has 0 fully saturated rings. The number of nitrogens with zero attached hydrogens (tertiary/aromatic N) is 1. The molecule has 0 atom stereocenters. The van der Waals surface area contributed by atoms with Crippen molar-refractivity contribution in [2.24, 2.45) is 0 Å². The average molecular weight is 253 g/mol. The SMILES string of the molecule is C=CN(CC)C(=O)CCCCCCCCCCC. The maximum Gasteiger partial charge on any atom is 0.226 e. The zero-order valence-electron chi connectivity index (χ0n) is 12.4. The minimum atomic E-state index is 0.218. The second-order valence-corrected chi connectivity index (χ2v) is 4.94. The van der Waals surface area contributed by atoms with E-state index in [-0.39, 0.29) is 5.91 Å². The molecule has 0 aliphatic carbocycles. The number of hydrogen-bond acceptors (Lipinski definition) is 1. The van der Waals surface area contributed by atoms with Crippen LogP contribution in [0.25, 0.3) is 0 Å². The van der Waals surface area contributed by atoms with Crippen molar-refractivity contribution < 1.29 is 4.79 Å². The molecule has 2 nitrogen and oxygen atoms in total. The molecule has 106 valence electrons. The van der Waals surface area contributed by atoms with Gasteiger partial charge in [-0.15, -0.1) is 0 Å². The van der Waals surface area contributed by atoms with Crippen LogP contribution >= 0.6 is 0 Å². The Morgan fingerprint density at radius 3 is 1.89 bits per heavy atom. The molecule has 0 rings (SSSR count). The van der Waals surface area contributed by atoms with Crippen LogP contribution in [0.3, 0.4) is 0 Å². The van der Waals surface area contributed by atoms with Crippen LogP contribution in [0.1, 0.15) is 78.1 Å². The highest BCUT2D eigenvalue weighted by atomic mass is 16.2. The molecule has 0 aromatic rings. The molecule has 0 spiro atoms. The molecule has 0 aliphatic heterocycles. The highest BCUT2D eigenvalue weighted by Gasteiger charge is 2.06. The number of unbranched alkanes of at least 4 members (excludes halogenated alkanes) is 8. The van der Waals surface area contributed by atoms with Crippen molar-refractivity contribution in [3.05, 3.63) is 12.8 Å². The van der Waals surface area contributed by atoms with Crippen LogP contribution in [0.4, 0.5) is 0 Å². The maximum absolute atomic E-state index is 11.7. The molecular formula is C16H31NO. The fraction of sp³-hybridized carbons (Fsp3) is 0.812. The van der Waals surface area contributed by atoms with Crippen LogP contribution in [0.15, 0.2) is 12.8 Å². The Labute approximate surface area is 113 Å². The zero-order chi connectivity index (χ0) is 13.6. The summed E-state index contributed by atoms with van der Waals surface area (Å²) in [6.07, 6.45) is 14.0. The first-order valence-electron chi connectivity index (χ1n) is 7.68. The summed E-state index contributed by atoms with van der Waals surface area (Å²) in [5.74, 6) is 0.218. The molecule has 0 heterocycles. The average Bonchev–Trinajstić information content (AvgIpc) is 2.38. The van der Waals surface area contributed by atoms with Crippen molar-refractivity contribution in [2.75, 3.05) is 6.54 Å². The Balaban J connectivity index is 3.29. The van der Waals surface area contributed by atoms with Gasteiger partial charge in [-0.1, -0.05) is 64.9 Å². The Kier molecular flexibility index (Phi) is 12.1. The fourth-order valence-corrected chi connectivity index (χ4v) is 2.14. The van der Waals surface area contributed by atoms with Crippen LogP contribution in [-0.2, 0) is 4.79 Å². The van der Waals surface area contributed by atoms with E-state index in [0.29, 0.717) is 6.42 Å². The van der Waals surface area contributed by atoms with E-state index in [2.05, 4.69) is 13.5 Å². The van der Waals surface area contributed by atoms with Gasteiger partial charge in [0.15, 0.2) is 0 Å². The Morgan fingerprint density at radius 2 is 1.44 bits per heavy atom. The predicted molar refractivity (Wildman–Crippen MR) is 79.4 cm³/mol. The lowest BCUT2D eigenvalue weighted by Crippen LogP contribution is -2.24. The van der Waals surface area contributed by atoms with Gasteiger partial charge in [0.05, 0.1) is 0 Å². The normalized spacial score (nSPS) is 10.3. The van der Waals surface area contributed by atoms with Gasteiger partial charge in [-0.2, -0.15) is 0 Å². The molecule has 0 saturated carbocycles. The zero-order valence-corrected chi connectivity index (χ0v) is 12.4. The standard InChI is InChI=1S/C16H31NO/c1-4-7-8-9-10-11-12-13-14-15-16(18)17(5-2)6-3/h5H,2,4,6-15H2,1,3H3. The third kappa shape index (κ3) is 9.26. The van der Waals surface area contributed by atoms with Crippen LogP contribution in [0, 0.1) is 0 Å². The van der Waals surface area contributed by atoms with Gasteiger partial charge >= 0.3 is 0 Å². The highest BCUT2D eigenvalue weighted by molar-refractivity contribution is 5.76. The lowest BCUT2D eigenvalue weighted by molar-refractivity contribution is -0.128. The van der Waals surface area contributed by atoms with Crippen molar-refractivity contribution in [1.82, 2.24) is 4.90 Å². The van der Waals surface area contributed by atoms with E-state index in [1.54, 1.807) is 11.1 Å². The highest BCUT2D eigenvalue weighted by Crippen LogP contribution is 2.11. The topological polar surface area (TPSA) is 20.3 Å². The molecule has 0 bridgehead atoms. The summed E-state index contributed by atoms with van der Waals surface area (Å²) >= 11 is 0. The molecule has 2 heteroatoms. The van der Waals surface area contributed by atoms with Gasteiger partial charge in [0, 0.05) is 13.0 Å². The second-order valence-electron chi connectivity index (χ2n) is 4.94. The van der Waals surface area contributed by atoms with Crippen LogP contribution in [0.5, 0.6) is 0 Å². The minimum absolute atomic E-state index is 0.218. The Bertz CT molecular complexity index is 213. The van der Waals surface area contributed by atoms with Crippen molar-refractivity contribution in [2.45, 2.75) is 78.1 Å². The van der Waals surface area contributed by atoms with Crippen molar-refractivity contribution in [3.8, 4) is 0 Å². The first-order chi connectivity index (χ1) is 8.76. The predicted octanol–water partition coefficient (Wildman–Crippen LogP) is 4.90. The van der Waals surface area contributed by atoms with Gasteiger partial charge in [0.1, 0.15) is 0 Å². The summed E-state index contributed by atoms with van der Waals surface area (Å²) in [6.45, 7) is 8.62. The van der Waals surface area contributed by atoms with E-state index in [4.69, 9.17) is 0 Å². The van der Waals surface area contributed by atoms with E-state index >= 15 is 0 Å². The number of rotatable bonds is 12. The summed E-state index contributed by atoms with van der Waals surface area (Å²) in [6, 6.07) is 0. The molecule has 0 N–H and O–H groups in total. The lowest BCUT2D eigenvalue weighted by atomic mass is 10.1. The van der Waals surface area contributed by atoms with E-state index in [1.165, 1.54) is 51.4 Å². The van der Waals surface area contributed by atoms with E-state index < -0.39 is 0 Å². The van der Waals surface area contributed by atoms with Gasteiger partial charge in [0.2, 0.25) is 5.91 Å². The van der Waals surface area contributed by atoms with Crippen LogP contribution in [-0.4, -0.2) is 17.4 Å². The third-order valence-electron chi connectivity index (χ3n) is 3.38. The molecule has 18 heavy (non-hydrogen) atoms. The van der Waals surface area contributed by atoms with E-state index in [9.17, 15) is 4.79 Å². The first kappa shape index (κ1) is 17.2. The third-order valence-corrected chi connectivity index (χ3v) is 3.38. The molecule has 0 radical (unpaired) electrons. The molecule has 0 aromatic carbocycles. The first-order valence-corrected chi connectivity index (χ1v) is 7.68. The van der Waals surface area contributed by atoms with Gasteiger partial charge in [0.25, 0.3) is 0 Å². The molecule has 0 aromatic heterocycles. The molecular weight excluding hydrogens is 222 g/mol. The van der Waals surface area contributed by atoms with Crippen LogP contribution < -0.4 is 0 Å². The quantitative estimate of drug-likeness (QED) is 0.453. The van der Waals surface area contributed by atoms with Crippen molar-refractivity contribution in [1.29, 1.82) is 0 Å². The van der Waals surface area contributed by atoms with E-state index in [1.807, 2.05) is 6.92 Å². The Morgan fingerprint density at radius 1 is 0.944 bits per heavy atom. The number of carbonyl (C=O) groups excluding carboxylic acids is 1. The van der Waals surface area contributed by atoms with E-state index in [0.717, 1.165) is 13.0 Å². The summed E-state index contributed by atoms with van der Waals surface area (Å²) in [7, 11) is 0. The largest absolute Gasteiger partial charge is 0.320 e. The molecule has 0 saturated heterocycles. The van der Waals surface area contributed by atoms with Crippen LogP contribution in [0.2, 0.25) is 0 Å². The van der Waals surface area contributed by atoms with Crippen molar-refractivity contribution in [3.63, 3.8) is 0 Å². The number of hydrogen-bond donors (Lipinski definition) is 0. The summed E-state index contributed by atoms with van der Waals surface area (Å²) in [4.78, 5) is 13.4. The summed E-state index contributed by atoms with van der Waals surface area (Å²) < 4.78 is 0. The summed E-state index contributed by atoms with van der Waals surface area (Å²) in [5, 5.41) is 0. The lowest BCUT2D eigenvalue weighted by Gasteiger charge is -2.14. The second kappa shape index (κ2) is 12.7.